The minimum absolute atomic E-state index is 0.00468. The molecule has 6 heteroatoms. The summed E-state index contributed by atoms with van der Waals surface area (Å²) in [5, 5.41) is 33.8. The van der Waals surface area contributed by atoms with Crippen LogP contribution in [0.1, 0.15) is 117 Å². The van der Waals surface area contributed by atoms with Crippen molar-refractivity contribution in [3.05, 3.63) is 23.3 Å². The van der Waals surface area contributed by atoms with Crippen molar-refractivity contribution in [1.82, 2.24) is 0 Å². The molecule has 3 aliphatic carbocycles. The number of esters is 1. The van der Waals surface area contributed by atoms with Gasteiger partial charge in [-0.1, -0.05) is 90.2 Å². The molecule has 3 aliphatic rings. The van der Waals surface area contributed by atoms with E-state index in [1.54, 1.807) is 13.0 Å². The average Bonchev–Trinajstić information content (AvgIpc) is 3.02. The molecular weight excluding hydrogens is 468 g/mol. The van der Waals surface area contributed by atoms with Gasteiger partial charge in [-0.15, -0.1) is 0 Å². The van der Waals surface area contributed by atoms with Gasteiger partial charge >= 0.3 is 5.97 Å². The molecule has 0 amide bonds. The molecule has 1 fully saturated rings. The van der Waals surface area contributed by atoms with Gasteiger partial charge in [0.25, 0.3) is 0 Å². The molecule has 210 valence electrons. The zero-order chi connectivity index (χ0) is 27.1. The van der Waals surface area contributed by atoms with Gasteiger partial charge in [0, 0.05) is 24.7 Å². The molecule has 3 N–H and O–H groups in total. The fourth-order valence-corrected chi connectivity index (χ4v) is 6.90. The molecule has 0 aromatic rings. The Morgan fingerprint density at radius 1 is 0.973 bits per heavy atom. The van der Waals surface area contributed by atoms with Gasteiger partial charge in [-0.3, -0.25) is 9.59 Å². The SMILES string of the molecule is CCCCCCCCCCCCCC(=O)OCC1=C[C@H]2C[C@H](O)C[C@@H](C)[C@]2(O)[C@@H]2C=C(C)C(=O)[C@@]2(O)C1. The first-order chi connectivity index (χ1) is 17.6. The molecule has 0 aromatic carbocycles. The van der Waals surface area contributed by atoms with Crippen LogP contribution in [0.2, 0.25) is 0 Å². The van der Waals surface area contributed by atoms with Crippen LogP contribution in [0.4, 0.5) is 0 Å². The predicted molar refractivity (Wildman–Crippen MR) is 145 cm³/mol. The van der Waals surface area contributed by atoms with Crippen LogP contribution in [-0.4, -0.2) is 51.0 Å². The smallest absolute Gasteiger partial charge is 0.306 e. The number of ketones is 1. The number of unbranched alkanes of at least 4 members (excludes halogenated alkanes) is 10. The standard InChI is InChI=1S/C31H50O6/c1-4-5-6-7-8-9-10-11-12-13-14-15-28(33)37-21-24-18-25-19-26(32)17-23(3)31(25,36)27-16-22(2)29(34)30(27,35)20-24/h16,18,23,25-27,32,35-36H,4-15,17,19-21H2,1-3H3/t23-,25+,26-,27-,30-,31-/m1/s1. The first-order valence-electron chi connectivity index (χ1n) is 14.8. The summed E-state index contributed by atoms with van der Waals surface area (Å²) in [7, 11) is 0. The van der Waals surface area contributed by atoms with Crippen LogP contribution in [-0.2, 0) is 14.3 Å². The number of aliphatic hydroxyl groups is 3. The maximum Gasteiger partial charge on any atom is 0.306 e. The second-order valence-corrected chi connectivity index (χ2v) is 12.0. The second kappa shape index (κ2) is 13.5. The van der Waals surface area contributed by atoms with Crippen LogP contribution in [0.5, 0.6) is 0 Å². The van der Waals surface area contributed by atoms with Crippen molar-refractivity contribution in [2.75, 3.05) is 6.61 Å². The van der Waals surface area contributed by atoms with E-state index < -0.39 is 29.1 Å². The topological polar surface area (TPSA) is 104 Å². The molecule has 0 spiro atoms. The van der Waals surface area contributed by atoms with Gasteiger partial charge in [0.15, 0.2) is 5.78 Å². The van der Waals surface area contributed by atoms with E-state index in [2.05, 4.69) is 6.92 Å². The number of ether oxygens (including phenoxy) is 1. The lowest BCUT2D eigenvalue weighted by molar-refractivity contribution is -0.175. The summed E-state index contributed by atoms with van der Waals surface area (Å²) >= 11 is 0. The molecule has 1 saturated carbocycles. The predicted octanol–water partition coefficient (Wildman–Crippen LogP) is 5.58. The van der Waals surface area contributed by atoms with Crippen molar-refractivity contribution in [2.45, 2.75) is 134 Å². The lowest BCUT2D eigenvalue weighted by Gasteiger charge is -2.50. The van der Waals surface area contributed by atoms with Crippen LogP contribution in [0, 0.1) is 17.8 Å². The van der Waals surface area contributed by atoms with E-state index in [0.29, 0.717) is 30.4 Å². The van der Waals surface area contributed by atoms with Crippen LogP contribution in [0.15, 0.2) is 23.3 Å². The van der Waals surface area contributed by atoms with Crippen molar-refractivity contribution in [1.29, 1.82) is 0 Å². The monoisotopic (exact) mass is 518 g/mol. The summed E-state index contributed by atoms with van der Waals surface area (Å²) < 4.78 is 5.56. The van der Waals surface area contributed by atoms with Gasteiger partial charge in [0.05, 0.1) is 11.7 Å². The first-order valence-corrected chi connectivity index (χ1v) is 14.8. The number of carbonyl (C=O) groups excluding carboxylic acids is 2. The molecule has 3 rings (SSSR count). The third-order valence-corrected chi connectivity index (χ3v) is 9.05. The van der Waals surface area contributed by atoms with Gasteiger partial charge < -0.3 is 20.1 Å². The van der Waals surface area contributed by atoms with Gasteiger partial charge in [0.1, 0.15) is 12.2 Å². The Hall–Kier alpha value is -1.50. The molecule has 6 atom stereocenters. The van der Waals surface area contributed by atoms with E-state index in [-0.39, 0.29) is 30.7 Å². The number of fused-ring (bicyclic) bond motifs is 3. The zero-order valence-corrected chi connectivity index (χ0v) is 23.3. The highest BCUT2D eigenvalue weighted by molar-refractivity contribution is 6.04. The fraction of sp³-hybridized carbons (Fsp3) is 0.806. The van der Waals surface area contributed by atoms with Gasteiger partial charge in [-0.25, -0.2) is 0 Å². The van der Waals surface area contributed by atoms with Crippen molar-refractivity contribution in [3.8, 4) is 0 Å². The van der Waals surface area contributed by atoms with E-state index in [1.165, 1.54) is 51.4 Å². The summed E-state index contributed by atoms with van der Waals surface area (Å²) in [6, 6.07) is 0. The maximum atomic E-state index is 13.0. The van der Waals surface area contributed by atoms with Gasteiger partial charge in [-0.2, -0.15) is 0 Å². The lowest BCUT2D eigenvalue weighted by Crippen LogP contribution is -2.60. The minimum atomic E-state index is -1.75. The Bertz CT molecular complexity index is 847. The summed E-state index contributed by atoms with van der Waals surface area (Å²) in [4.78, 5) is 25.4. The minimum Gasteiger partial charge on any atom is -0.461 e. The Morgan fingerprint density at radius 3 is 2.19 bits per heavy atom. The van der Waals surface area contributed by atoms with E-state index in [9.17, 15) is 24.9 Å². The highest BCUT2D eigenvalue weighted by Gasteiger charge is 2.63. The number of aliphatic hydroxyl groups excluding tert-OH is 1. The molecule has 0 bridgehead atoms. The first kappa shape index (κ1) is 30.0. The number of Topliss-reactive ketones (excluding diaryl/α,β-unsaturated/α-hetero) is 1. The normalized spacial score (nSPS) is 33.3. The second-order valence-electron chi connectivity index (χ2n) is 12.0. The fourth-order valence-electron chi connectivity index (χ4n) is 6.90. The van der Waals surface area contributed by atoms with E-state index in [1.807, 2.05) is 13.0 Å². The van der Waals surface area contributed by atoms with Crippen LogP contribution < -0.4 is 0 Å². The largest absolute Gasteiger partial charge is 0.461 e. The Labute approximate surface area is 223 Å². The molecule has 0 aliphatic heterocycles. The van der Waals surface area contributed by atoms with Crippen molar-refractivity contribution < 1.29 is 29.6 Å². The third kappa shape index (κ3) is 7.13. The van der Waals surface area contributed by atoms with Crippen LogP contribution in [0.25, 0.3) is 0 Å². The molecule has 0 unspecified atom stereocenters. The quantitative estimate of drug-likeness (QED) is 0.158. The Balaban J connectivity index is 1.47. The maximum absolute atomic E-state index is 13.0. The molecule has 0 heterocycles. The van der Waals surface area contributed by atoms with Gasteiger partial charge in [-0.05, 0) is 43.3 Å². The highest BCUT2D eigenvalue weighted by atomic mass is 16.5. The zero-order valence-electron chi connectivity index (χ0n) is 23.3. The molecule has 0 aromatic heterocycles. The van der Waals surface area contributed by atoms with Crippen molar-refractivity contribution >= 4 is 11.8 Å². The van der Waals surface area contributed by atoms with E-state index in [0.717, 1.165) is 19.3 Å². The van der Waals surface area contributed by atoms with Crippen LogP contribution in [0.3, 0.4) is 0 Å². The summed E-state index contributed by atoms with van der Waals surface area (Å²) in [6.07, 6.45) is 17.5. The third-order valence-electron chi connectivity index (χ3n) is 9.05. The van der Waals surface area contributed by atoms with Crippen LogP contribution >= 0.6 is 0 Å². The van der Waals surface area contributed by atoms with Crippen molar-refractivity contribution in [3.63, 3.8) is 0 Å². The van der Waals surface area contributed by atoms with E-state index in [4.69, 9.17) is 4.74 Å². The molecule has 0 saturated heterocycles. The molecular formula is C31H50O6. The summed E-state index contributed by atoms with van der Waals surface area (Å²) in [6.45, 7) is 5.78. The van der Waals surface area contributed by atoms with Gasteiger partial charge in [0.2, 0.25) is 0 Å². The van der Waals surface area contributed by atoms with E-state index >= 15 is 0 Å². The number of rotatable bonds is 14. The van der Waals surface area contributed by atoms with Crippen molar-refractivity contribution in [2.24, 2.45) is 17.8 Å². The Morgan fingerprint density at radius 2 is 1.57 bits per heavy atom. The molecule has 6 nitrogen and oxygen atoms in total. The molecule has 37 heavy (non-hydrogen) atoms. The highest BCUT2D eigenvalue weighted by Crippen LogP contribution is 2.54. The summed E-state index contributed by atoms with van der Waals surface area (Å²) in [5.74, 6) is -2.12. The number of hydrogen-bond acceptors (Lipinski definition) is 6. The summed E-state index contributed by atoms with van der Waals surface area (Å²) in [5.41, 5.74) is -2.01. The Kier molecular flexibility index (Phi) is 11.0. The lowest BCUT2D eigenvalue weighted by atomic mass is 9.60. The average molecular weight is 519 g/mol. The number of hydrogen-bond donors (Lipinski definition) is 3. The molecule has 0 radical (unpaired) electrons. The number of carbonyl (C=O) groups is 2.